The third-order valence-corrected chi connectivity index (χ3v) is 4.78. The molecule has 1 aliphatic rings. The number of anilines is 1. The van der Waals surface area contributed by atoms with E-state index in [1.165, 1.54) is 4.68 Å². The van der Waals surface area contributed by atoms with Gasteiger partial charge in [-0.3, -0.25) is 9.48 Å². The van der Waals surface area contributed by atoms with Gasteiger partial charge in [0.1, 0.15) is 0 Å². The average molecular weight is 340 g/mol. The zero-order valence-corrected chi connectivity index (χ0v) is 14.6. The molecule has 1 aromatic rings. The van der Waals surface area contributed by atoms with Crippen molar-refractivity contribution >= 4 is 29.3 Å². The minimum Gasteiger partial charge on any atom is -0.464 e. The van der Waals surface area contributed by atoms with Crippen molar-refractivity contribution in [2.24, 2.45) is 0 Å². The summed E-state index contributed by atoms with van der Waals surface area (Å²) in [5.41, 5.74) is -0.337. The zero-order valence-electron chi connectivity index (χ0n) is 13.8. The van der Waals surface area contributed by atoms with E-state index in [1.54, 1.807) is 33.2 Å². The lowest BCUT2D eigenvalue weighted by Crippen LogP contribution is -2.40. The number of ether oxygens (including phenoxy) is 1. The van der Waals surface area contributed by atoms with Crippen LogP contribution in [-0.4, -0.2) is 52.4 Å². The van der Waals surface area contributed by atoms with E-state index in [9.17, 15) is 9.59 Å². The monoisotopic (exact) mass is 340 g/mol. The molecular weight excluding hydrogens is 316 g/mol. The SMILES string of the molecule is CCOC(=O)C(C)(C)n1cc(NC(=O)CC2CSCCN2)cn1. The minimum atomic E-state index is -0.916. The van der Waals surface area contributed by atoms with Gasteiger partial charge in [0.05, 0.1) is 18.5 Å². The molecule has 2 rings (SSSR count). The molecule has 1 aliphatic heterocycles. The molecule has 0 radical (unpaired) electrons. The molecule has 8 heteroatoms. The van der Waals surface area contributed by atoms with Crippen molar-refractivity contribution < 1.29 is 14.3 Å². The van der Waals surface area contributed by atoms with Crippen molar-refractivity contribution in [2.75, 3.05) is 30.0 Å². The number of carbonyl (C=O) groups is 2. The molecule has 2 N–H and O–H groups in total. The van der Waals surface area contributed by atoms with Crippen LogP contribution in [0.1, 0.15) is 27.2 Å². The van der Waals surface area contributed by atoms with Crippen molar-refractivity contribution in [3.8, 4) is 0 Å². The second kappa shape index (κ2) is 7.83. The van der Waals surface area contributed by atoms with Crippen LogP contribution in [0.4, 0.5) is 5.69 Å². The van der Waals surface area contributed by atoms with Crippen LogP contribution in [0.15, 0.2) is 12.4 Å². The molecule has 1 aromatic heterocycles. The molecule has 2 heterocycles. The Hall–Kier alpha value is -1.54. The summed E-state index contributed by atoms with van der Waals surface area (Å²) in [5.74, 6) is 1.62. The molecular formula is C15H24N4O3S. The maximum absolute atomic E-state index is 12.1. The highest BCUT2D eigenvalue weighted by Gasteiger charge is 2.32. The van der Waals surface area contributed by atoms with E-state index >= 15 is 0 Å². The summed E-state index contributed by atoms with van der Waals surface area (Å²) in [6.07, 6.45) is 3.62. The summed E-state index contributed by atoms with van der Waals surface area (Å²) in [6.45, 7) is 6.48. The Morgan fingerprint density at radius 3 is 3.00 bits per heavy atom. The standard InChI is InChI=1S/C15H24N4O3S/c1-4-22-14(21)15(2,3)19-9-12(8-17-19)18-13(20)7-11-10-23-6-5-16-11/h8-9,11,16H,4-7,10H2,1-3H3,(H,18,20). The van der Waals surface area contributed by atoms with E-state index in [2.05, 4.69) is 15.7 Å². The molecule has 0 spiro atoms. The molecule has 0 aliphatic carbocycles. The third kappa shape index (κ3) is 4.71. The Kier molecular flexibility index (Phi) is 6.06. The average Bonchev–Trinajstić information content (AvgIpc) is 2.97. The van der Waals surface area contributed by atoms with Crippen molar-refractivity contribution in [2.45, 2.75) is 38.8 Å². The summed E-state index contributed by atoms with van der Waals surface area (Å²) >= 11 is 1.86. The van der Waals surface area contributed by atoms with Crippen LogP contribution in [-0.2, 0) is 19.9 Å². The van der Waals surface area contributed by atoms with Gasteiger partial charge in [-0.05, 0) is 20.8 Å². The van der Waals surface area contributed by atoms with Crippen LogP contribution < -0.4 is 10.6 Å². The lowest BCUT2D eigenvalue weighted by atomic mass is 10.1. The lowest BCUT2D eigenvalue weighted by Gasteiger charge is -2.23. The summed E-state index contributed by atoms with van der Waals surface area (Å²) in [6, 6.07) is 0.208. The first-order chi connectivity index (χ1) is 10.9. The fraction of sp³-hybridized carbons (Fsp3) is 0.667. The maximum atomic E-state index is 12.1. The van der Waals surface area contributed by atoms with Gasteiger partial charge in [0, 0.05) is 36.7 Å². The van der Waals surface area contributed by atoms with Gasteiger partial charge in [-0.25, -0.2) is 4.79 Å². The zero-order chi connectivity index (χ0) is 16.9. The Balaban J connectivity index is 1.93. The van der Waals surface area contributed by atoms with Crippen molar-refractivity contribution in [1.82, 2.24) is 15.1 Å². The molecule has 23 heavy (non-hydrogen) atoms. The molecule has 1 atom stereocenters. The Bertz CT molecular complexity index is 553. The fourth-order valence-electron chi connectivity index (χ4n) is 2.28. The van der Waals surface area contributed by atoms with Gasteiger partial charge in [-0.15, -0.1) is 0 Å². The predicted molar refractivity (Wildman–Crippen MR) is 90.5 cm³/mol. The van der Waals surface area contributed by atoms with Crippen LogP contribution in [0.3, 0.4) is 0 Å². The Morgan fingerprint density at radius 2 is 2.35 bits per heavy atom. The van der Waals surface area contributed by atoms with Crippen LogP contribution in [0.2, 0.25) is 0 Å². The first-order valence-corrected chi connectivity index (χ1v) is 8.92. The van der Waals surface area contributed by atoms with Gasteiger partial charge in [-0.2, -0.15) is 16.9 Å². The van der Waals surface area contributed by atoms with E-state index in [0.717, 1.165) is 18.1 Å². The molecule has 0 bridgehead atoms. The third-order valence-electron chi connectivity index (χ3n) is 3.64. The second-order valence-corrected chi connectivity index (χ2v) is 7.08. The van der Waals surface area contributed by atoms with E-state index in [1.807, 2.05) is 11.8 Å². The number of thioether (sulfide) groups is 1. The van der Waals surface area contributed by atoms with Crippen LogP contribution >= 0.6 is 11.8 Å². The Morgan fingerprint density at radius 1 is 1.57 bits per heavy atom. The van der Waals surface area contributed by atoms with Crippen molar-refractivity contribution in [1.29, 1.82) is 0 Å². The minimum absolute atomic E-state index is 0.0570. The number of esters is 1. The number of rotatable bonds is 6. The summed E-state index contributed by atoms with van der Waals surface area (Å²) in [7, 11) is 0. The number of hydrogen-bond donors (Lipinski definition) is 2. The highest BCUT2D eigenvalue weighted by molar-refractivity contribution is 7.99. The van der Waals surface area contributed by atoms with Gasteiger partial charge in [-0.1, -0.05) is 0 Å². The predicted octanol–water partition coefficient (Wildman–Crippen LogP) is 1.21. The number of carbonyl (C=O) groups excluding carboxylic acids is 2. The van der Waals surface area contributed by atoms with Gasteiger partial charge >= 0.3 is 5.97 Å². The van der Waals surface area contributed by atoms with E-state index in [-0.39, 0.29) is 17.9 Å². The van der Waals surface area contributed by atoms with Crippen LogP contribution in [0.25, 0.3) is 0 Å². The fourth-order valence-corrected chi connectivity index (χ4v) is 3.23. The first-order valence-electron chi connectivity index (χ1n) is 7.77. The summed E-state index contributed by atoms with van der Waals surface area (Å²) in [4.78, 5) is 24.1. The van der Waals surface area contributed by atoms with Gasteiger partial charge < -0.3 is 15.4 Å². The maximum Gasteiger partial charge on any atom is 0.333 e. The van der Waals surface area contributed by atoms with Gasteiger partial charge in [0.15, 0.2) is 5.54 Å². The molecule has 1 unspecified atom stereocenters. The number of amides is 1. The largest absolute Gasteiger partial charge is 0.464 e. The molecule has 7 nitrogen and oxygen atoms in total. The summed E-state index contributed by atoms with van der Waals surface area (Å²) < 4.78 is 6.56. The normalized spacial score (nSPS) is 18.5. The number of hydrogen-bond acceptors (Lipinski definition) is 6. The lowest BCUT2D eigenvalue weighted by molar-refractivity contribution is -0.152. The second-order valence-electron chi connectivity index (χ2n) is 5.93. The highest BCUT2D eigenvalue weighted by atomic mass is 32.2. The van der Waals surface area contributed by atoms with Gasteiger partial charge in [0.25, 0.3) is 0 Å². The van der Waals surface area contributed by atoms with E-state index in [0.29, 0.717) is 18.7 Å². The quantitative estimate of drug-likeness (QED) is 0.757. The summed E-state index contributed by atoms with van der Waals surface area (Å²) in [5, 5.41) is 10.3. The molecule has 0 saturated carbocycles. The molecule has 1 amide bonds. The van der Waals surface area contributed by atoms with Crippen LogP contribution in [0, 0.1) is 0 Å². The highest BCUT2D eigenvalue weighted by Crippen LogP contribution is 2.19. The molecule has 1 saturated heterocycles. The van der Waals surface area contributed by atoms with Crippen molar-refractivity contribution in [3.63, 3.8) is 0 Å². The van der Waals surface area contributed by atoms with Crippen LogP contribution in [0.5, 0.6) is 0 Å². The van der Waals surface area contributed by atoms with Gasteiger partial charge in [0.2, 0.25) is 5.91 Å². The molecule has 0 aromatic carbocycles. The first kappa shape index (κ1) is 17.8. The Labute approximate surface area is 140 Å². The number of aromatic nitrogens is 2. The van der Waals surface area contributed by atoms with Crippen molar-refractivity contribution in [3.05, 3.63) is 12.4 Å². The molecule has 128 valence electrons. The number of nitrogens with zero attached hydrogens (tertiary/aromatic N) is 2. The smallest absolute Gasteiger partial charge is 0.333 e. The van der Waals surface area contributed by atoms with E-state index < -0.39 is 5.54 Å². The van der Waals surface area contributed by atoms with E-state index in [4.69, 9.17) is 4.74 Å². The number of nitrogens with one attached hydrogen (secondary N) is 2. The molecule has 1 fully saturated rings. The topological polar surface area (TPSA) is 85.2 Å².